The van der Waals surface area contributed by atoms with E-state index in [2.05, 4.69) is 0 Å². The van der Waals surface area contributed by atoms with Crippen molar-refractivity contribution in [1.29, 1.82) is 0 Å². The van der Waals surface area contributed by atoms with Gasteiger partial charge in [-0.3, -0.25) is 4.79 Å². The Morgan fingerprint density at radius 2 is 1.89 bits per heavy atom. The molecule has 2 aromatic carbocycles. The molecule has 0 radical (unpaired) electrons. The predicted molar refractivity (Wildman–Crippen MR) is 67.5 cm³/mol. The Bertz CT molecular complexity index is 649. The van der Waals surface area contributed by atoms with Gasteiger partial charge >= 0.3 is 5.97 Å². The monoisotopic (exact) mass is 264 g/mol. The molecule has 4 nitrogen and oxygen atoms in total. The van der Waals surface area contributed by atoms with Gasteiger partial charge in [-0.2, -0.15) is 0 Å². The van der Waals surface area contributed by atoms with E-state index in [4.69, 9.17) is 21.4 Å². The summed E-state index contributed by atoms with van der Waals surface area (Å²) in [5.41, 5.74) is 0.0137. The quantitative estimate of drug-likeness (QED) is 0.684. The van der Waals surface area contributed by atoms with E-state index in [1.165, 1.54) is 13.2 Å². The van der Waals surface area contributed by atoms with Gasteiger partial charge in [-0.1, -0.05) is 17.7 Å². The number of fused-ring (bicyclic) bond motifs is 1. The standard InChI is InChI=1S/C13H9ClO4/c1-18-11-6-7-2-3-9(14)4-8(7)5-10(11)12(15)13(16)17/h2-6H,1H3,(H,16,17). The first-order valence-corrected chi connectivity index (χ1v) is 5.45. The molecule has 92 valence electrons. The second-order valence-corrected chi connectivity index (χ2v) is 4.11. The number of halogens is 1. The number of carboxylic acids is 1. The van der Waals surface area contributed by atoms with E-state index in [1.807, 2.05) is 0 Å². The van der Waals surface area contributed by atoms with Crippen LogP contribution in [0.15, 0.2) is 30.3 Å². The molecule has 0 unspecified atom stereocenters. The minimum atomic E-state index is -1.52. The molecule has 0 aromatic heterocycles. The van der Waals surface area contributed by atoms with Gasteiger partial charge in [0.2, 0.25) is 0 Å². The average Bonchev–Trinajstić information content (AvgIpc) is 2.36. The van der Waals surface area contributed by atoms with Gasteiger partial charge in [0.25, 0.3) is 5.78 Å². The second kappa shape index (κ2) is 4.66. The lowest BCUT2D eigenvalue weighted by molar-refractivity contribution is -0.131. The molecule has 5 heteroatoms. The van der Waals surface area contributed by atoms with Crippen LogP contribution in [0.1, 0.15) is 10.4 Å². The first-order chi connectivity index (χ1) is 8.52. The molecule has 0 aliphatic rings. The highest BCUT2D eigenvalue weighted by molar-refractivity contribution is 6.41. The summed E-state index contributed by atoms with van der Waals surface area (Å²) in [6, 6.07) is 8.23. The summed E-state index contributed by atoms with van der Waals surface area (Å²) in [4.78, 5) is 22.3. The van der Waals surface area contributed by atoms with Crippen molar-refractivity contribution in [3.63, 3.8) is 0 Å². The van der Waals surface area contributed by atoms with Crippen molar-refractivity contribution in [1.82, 2.24) is 0 Å². The van der Waals surface area contributed by atoms with Crippen LogP contribution in [0.4, 0.5) is 0 Å². The number of rotatable bonds is 3. The number of hydrogen-bond acceptors (Lipinski definition) is 3. The Morgan fingerprint density at radius 1 is 1.17 bits per heavy atom. The van der Waals surface area contributed by atoms with Crippen molar-refractivity contribution in [2.75, 3.05) is 7.11 Å². The molecule has 1 N–H and O–H groups in total. The summed E-state index contributed by atoms with van der Waals surface area (Å²) in [6.45, 7) is 0. The molecule has 2 rings (SSSR count). The molecule has 2 aromatic rings. The number of ether oxygens (including phenoxy) is 1. The fourth-order valence-corrected chi connectivity index (χ4v) is 1.89. The molecule has 0 fully saturated rings. The molecule has 0 heterocycles. The van der Waals surface area contributed by atoms with E-state index in [0.29, 0.717) is 10.4 Å². The normalized spacial score (nSPS) is 10.3. The average molecular weight is 265 g/mol. The van der Waals surface area contributed by atoms with Crippen LogP contribution in [-0.2, 0) is 4.79 Å². The Morgan fingerprint density at radius 3 is 2.50 bits per heavy atom. The number of Topliss-reactive ketones (excluding diaryl/α,β-unsaturated/α-hetero) is 1. The van der Waals surface area contributed by atoms with Crippen molar-refractivity contribution in [2.24, 2.45) is 0 Å². The number of ketones is 1. The van der Waals surface area contributed by atoms with Crippen molar-refractivity contribution < 1.29 is 19.4 Å². The van der Waals surface area contributed by atoms with Crippen LogP contribution < -0.4 is 4.74 Å². The summed E-state index contributed by atoms with van der Waals surface area (Å²) >= 11 is 5.85. The fraction of sp³-hybridized carbons (Fsp3) is 0.0769. The van der Waals surface area contributed by atoms with E-state index in [0.717, 1.165) is 5.39 Å². The lowest BCUT2D eigenvalue weighted by Gasteiger charge is -2.08. The summed E-state index contributed by atoms with van der Waals surface area (Å²) in [7, 11) is 1.38. The lowest BCUT2D eigenvalue weighted by Crippen LogP contribution is -2.13. The van der Waals surface area contributed by atoms with E-state index in [1.54, 1.807) is 24.3 Å². The SMILES string of the molecule is COc1cc2ccc(Cl)cc2cc1C(=O)C(=O)O. The second-order valence-electron chi connectivity index (χ2n) is 3.68. The molecule has 0 saturated heterocycles. The van der Waals surface area contributed by atoms with Crippen LogP contribution in [0, 0.1) is 0 Å². The van der Waals surface area contributed by atoms with Gasteiger partial charge in [0.05, 0.1) is 12.7 Å². The highest BCUT2D eigenvalue weighted by Crippen LogP contribution is 2.28. The van der Waals surface area contributed by atoms with E-state index >= 15 is 0 Å². The van der Waals surface area contributed by atoms with Crippen LogP contribution in [0.2, 0.25) is 5.02 Å². The number of carbonyl (C=O) groups is 2. The van der Waals surface area contributed by atoms with Crippen LogP contribution in [0.25, 0.3) is 10.8 Å². The van der Waals surface area contributed by atoms with E-state index < -0.39 is 11.8 Å². The third-order valence-electron chi connectivity index (χ3n) is 2.56. The lowest BCUT2D eigenvalue weighted by atomic mass is 10.0. The van der Waals surface area contributed by atoms with Crippen LogP contribution in [0.3, 0.4) is 0 Å². The smallest absolute Gasteiger partial charge is 0.377 e. The Labute approximate surface area is 108 Å². The van der Waals surface area contributed by atoms with Gasteiger partial charge in [0, 0.05) is 5.02 Å². The molecule has 0 aliphatic carbocycles. The topological polar surface area (TPSA) is 63.6 Å². The number of aliphatic carboxylic acids is 1. The third-order valence-corrected chi connectivity index (χ3v) is 2.79. The summed E-state index contributed by atoms with van der Waals surface area (Å²) < 4.78 is 5.04. The van der Waals surface area contributed by atoms with Crippen LogP contribution in [0.5, 0.6) is 5.75 Å². The van der Waals surface area contributed by atoms with Gasteiger partial charge < -0.3 is 9.84 Å². The van der Waals surface area contributed by atoms with E-state index in [9.17, 15) is 9.59 Å². The molecule has 18 heavy (non-hydrogen) atoms. The number of carboxylic acid groups (broad SMARTS) is 1. The highest BCUT2D eigenvalue weighted by Gasteiger charge is 2.20. The zero-order valence-electron chi connectivity index (χ0n) is 9.44. The number of benzene rings is 2. The third kappa shape index (κ3) is 2.15. The zero-order chi connectivity index (χ0) is 13.3. The van der Waals surface area contributed by atoms with Gasteiger partial charge in [0.15, 0.2) is 0 Å². The van der Waals surface area contributed by atoms with Gasteiger partial charge in [-0.15, -0.1) is 0 Å². The largest absolute Gasteiger partial charge is 0.496 e. The molecule has 0 bridgehead atoms. The zero-order valence-corrected chi connectivity index (χ0v) is 10.2. The van der Waals surface area contributed by atoms with E-state index in [-0.39, 0.29) is 11.3 Å². The van der Waals surface area contributed by atoms with Gasteiger partial charge in [0.1, 0.15) is 5.75 Å². The Kier molecular flexibility index (Phi) is 3.21. The maximum Gasteiger partial charge on any atom is 0.377 e. The van der Waals surface area contributed by atoms with Gasteiger partial charge in [-0.25, -0.2) is 4.79 Å². The molecular formula is C13H9ClO4. The summed E-state index contributed by atoms with van der Waals surface area (Å²) in [6.07, 6.45) is 0. The summed E-state index contributed by atoms with van der Waals surface area (Å²) in [5.74, 6) is -2.29. The predicted octanol–water partition coefficient (Wildman–Crippen LogP) is 2.77. The van der Waals surface area contributed by atoms with Crippen molar-refractivity contribution in [2.45, 2.75) is 0 Å². The van der Waals surface area contributed by atoms with Crippen LogP contribution >= 0.6 is 11.6 Å². The van der Waals surface area contributed by atoms with Crippen molar-refractivity contribution in [3.05, 3.63) is 40.9 Å². The first kappa shape index (κ1) is 12.4. The Hall–Kier alpha value is -2.07. The molecule has 0 saturated carbocycles. The van der Waals surface area contributed by atoms with Gasteiger partial charge in [-0.05, 0) is 35.0 Å². The fourth-order valence-electron chi connectivity index (χ4n) is 1.71. The Balaban J connectivity index is 2.71. The number of hydrogen-bond donors (Lipinski definition) is 1. The maximum absolute atomic E-state index is 11.5. The number of methoxy groups -OCH3 is 1. The maximum atomic E-state index is 11.5. The van der Waals surface area contributed by atoms with Crippen molar-refractivity contribution >= 4 is 34.1 Å². The summed E-state index contributed by atoms with van der Waals surface area (Å²) in [5, 5.41) is 10.8. The van der Waals surface area contributed by atoms with Crippen LogP contribution in [-0.4, -0.2) is 24.0 Å². The molecular weight excluding hydrogens is 256 g/mol. The minimum Gasteiger partial charge on any atom is -0.496 e. The molecule has 0 aliphatic heterocycles. The number of carbonyl (C=O) groups excluding carboxylic acids is 1. The minimum absolute atomic E-state index is 0.0137. The first-order valence-electron chi connectivity index (χ1n) is 5.08. The molecule has 0 spiro atoms. The molecule has 0 atom stereocenters. The highest BCUT2D eigenvalue weighted by atomic mass is 35.5. The molecule has 0 amide bonds. The van der Waals surface area contributed by atoms with Crippen molar-refractivity contribution in [3.8, 4) is 5.75 Å².